The van der Waals surface area contributed by atoms with Gasteiger partial charge in [0.25, 0.3) is 5.91 Å². The van der Waals surface area contributed by atoms with Gasteiger partial charge in [-0.25, -0.2) is 9.48 Å². The first kappa shape index (κ1) is 25.9. The van der Waals surface area contributed by atoms with E-state index in [-0.39, 0.29) is 24.7 Å². The summed E-state index contributed by atoms with van der Waals surface area (Å²) in [6, 6.07) is 13.0. The van der Waals surface area contributed by atoms with E-state index < -0.39 is 5.60 Å². The molecule has 200 valence electrons. The van der Waals surface area contributed by atoms with Crippen molar-refractivity contribution in [3.05, 3.63) is 70.5 Å². The summed E-state index contributed by atoms with van der Waals surface area (Å²) in [5.41, 5.74) is 2.49. The van der Waals surface area contributed by atoms with E-state index in [4.69, 9.17) is 25.8 Å². The fourth-order valence-electron chi connectivity index (χ4n) is 4.70. The standard InChI is InChI=1S/C28H31ClN4O5/c1-28(2,3)38-27(35)32-12-10-19(11-13-32)25-22(16-31-33(25)21-7-5-20(29)6-8-21)26(34)30-15-18-4-9-23-24(14-18)37-17-36-23/h4-9,14,16,19H,10-13,15,17H2,1-3H3,(H,30,34). The third kappa shape index (κ3) is 5.72. The average molecular weight is 539 g/mol. The van der Waals surface area contributed by atoms with Crippen molar-refractivity contribution in [1.29, 1.82) is 0 Å². The quantitative estimate of drug-likeness (QED) is 0.474. The van der Waals surface area contributed by atoms with E-state index in [1.807, 2.05) is 51.1 Å². The molecule has 38 heavy (non-hydrogen) atoms. The number of carbonyl (C=O) groups is 2. The van der Waals surface area contributed by atoms with Crippen LogP contribution in [0.3, 0.4) is 0 Å². The summed E-state index contributed by atoms with van der Waals surface area (Å²) in [5.74, 6) is 1.18. The number of ether oxygens (including phenoxy) is 3. The van der Waals surface area contributed by atoms with Crippen LogP contribution in [0.4, 0.5) is 4.79 Å². The number of piperidine rings is 1. The summed E-state index contributed by atoms with van der Waals surface area (Å²) in [6.07, 6.45) is 2.66. The zero-order valence-corrected chi connectivity index (χ0v) is 22.5. The van der Waals surface area contributed by atoms with Gasteiger partial charge < -0.3 is 24.4 Å². The smallest absolute Gasteiger partial charge is 0.410 e. The maximum Gasteiger partial charge on any atom is 0.410 e. The van der Waals surface area contributed by atoms with Crippen LogP contribution < -0.4 is 14.8 Å². The summed E-state index contributed by atoms with van der Waals surface area (Å²) in [6.45, 7) is 7.17. The van der Waals surface area contributed by atoms with Gasteiger partial charge in [-0.15, -0.1) is 0 Å². The summed E-state index contributed by atoms with van der Waals surface area (Å²) in [5, 5.41) is 8.23. The molecule has 0 saturated carbocycles. The maximum absolute atomic E-state index is 13.4. The van der Waals surface area contributed by atoms with Crippen LogP contribution >= 0.6 is 11.6 Å². The Hall–Kier alpha value is -3.72. The van der Waals surface area contributed by atoms with Gasteiger partial charge in [0.05, 0.1) is 23.1 Å². The topological polar surface area (TPSA) is 94.9 Å². The van der Waals surface area contributed by atoms with E-state index in [1.54, 1.807) is 27.9 Å². The molecule has 10 heteroatoms. The van der Waals surface area contributed by atoms with Gasteiger partial charge in [-0.05, 0) is 75.6 Å². The molecule has 9 nitrogen and oxygen atoms in total. The van der Waals surface area contributed by atoms with Crippen LogP contribution in [0.1, 0.15) is 61.1 Å². The van der Waals surface area contributed by atoms with Gasteiger partial charge >= 0.3 is 6.09 Å². The van der Waals surface area contributed by atoms with E-state index in [0.29, 0.717) is 54.6 Å². The van der Waals surface area contributed by atoms with Crippen LogP contribution in [0.2, 0.25) is 5.02 Å². The molecule has 0 bridgehead atoms. The van der Waals surface area contributed by atoms with Gasteiger partial charge in [-0.2, -0.15) is 5.10 Å². The lowest BCUT2D eigenvalue weighted by atomic mass is 9.91. The molecular weight excluding hydrogens is 508 g/mol. The fraction of sp³-hybridized carbons (Fsp3) is 0.393. The SMILES string of the molecule is CC(C)(C)OC(=O)N1CCC(c2c(C(=O)NCc3ccc4c(c3)OCO4)cnn2-c2ccc(Cl)cc2)CC1. The van der Waals surface area contributed by atoms with Gasteiger partial charge in [0, 0.05) is 30.6 Å². The van der Waals surface area contributed by atoms with Crippen LogP contribution in [0.25, 0.3) is 5.69 Å². The number of nitrogens with zero attached hydrogens (tertiary/aromatic N) is 3. The Kier molecular flexibility index (Phi) is 7.21. The van der Waals surface area contributed by atoms with Gasteiger partial charge in [-0.1, -0.05) is 17.7 Å². The molecule has 2 aliphatic rings. The summed E-state index contributed by atoms with van der Waals surface area (Å²) in [7, 11) is 0. The predicted octanol–water partition coefficient (Wildman–Crippen LogP) is 5.30. The first-order valence-corrected chi connectivity index (χ1v) is 13.0. The van der Waals surface area contributed by atoms with E-state index >= 15 is 0 Å². The maximum atomic E-state index is 13.4. The second-order valence-electron chi connectivity index (χ2n) is 10.4. The normalized spacial score (nSPS) is 15.4. The number of halogens is 1. The number of aromatic nitrogens is 2. The van der Waals surface area contributed by atoms with Crippen molar-refractivity contribution in [3.8, 4) is 17.2 Å². The lowest BCUT2D eigenvalue weighted by Crippen LogP contribution is -2.41. The molecule has 1 aromatic heterocycles. The Bertz CT molecular complexity index is 1320. The molecule has 1 fully saturated rings. The van der Waals surface area contributed by atoms with Crippen molar-refractivity contribution >= 4 is 23.6 Å². The zero-order chi connectivity index (χ0) is 26.9. The number of nitrogens with one attached hydrogen (secondary N) is 1. The Balaban J connectivity index is 1.36. The summed E-state index contributed by atoms with van der Waals surface area (Å²) < 4.78 is 18.2. The highest BCUT2D eigenvalue weighted by molar-refractivity contribution is 6.30. The molecule has 2 aliphatic heterocycles. The van der Waals surface area contributed by atoms with Gasteiger partial charge in [0.15, 0.2) is 11.5 Å². The van der Waals surface area contributed by atoms with Crippen molar-refractivity contribution in [3.63, 3.8) is 0 Å². The van der Waals surface area contributed by atoms with Gasteiger partial charge in [-0.3, -0.25) is 4.79 Å². The largest absolute Gasteiger partial charge is 0.454 e. The van der Waals surface area contributed by atoms with Crippen LogP contribution in [0, 0.1) is 0 Å². The first-order valence-electron chi connectivity index (χ1n) is 12.7. The van der Waals surface area contributed by atoms with E-state index in [2.05, 4.69) is 10.4 Å². The first-order chi connectivity index (χ1) is 18.2. The fourth-order valence-corrected chi connectivity index (χ4v) is 4.83. The Morgan fingerprint density at radius 1 is 1.08 bits per heavy atom. The third-order valence-electron chi connectivity index (χ3n) is 6.55. The lowest BCUT2D eigenvalue weighted by molar-refractivity contribution is 0.0203. The second-order valence-corrected chi connectivity index (χ2v) is 10.9. The highest BCUT2D eigenvalue weighted by atomic mass is 35.5. The van der Waals surface area contributed by atoms with Crippen molar-refractivity contribution in [2.75, 3.05) is 19.9 Å². The summed E-state index contributed by atoms with van der Waals surface area (Å²) >= 11 is 6.11. The molecule has 2 aromatic carbocycles. The van der Waals surface area contributed by atoms with Crippen molar-refractivity contribution in [2.24, 2.45) is 0 Å². The molecule has 0 atom stereocenters. The van der Waals surface area contributed by atoms with Crippen LogP contribution in [-0.2, 0) is 11.3 Å². The minimum atomic E-state index is -0.551. The highest BCUT2D eigenvalue weighted by Gasteiger charge is 2.32. The van der Waals surface area contributed by atoms with Crippen LogP contribution in [0.5, 0.6) is 11.5 Å². The summed E-state index contributed by atoms with van der Waals surface area (Å²) in [4.78, 5) is 27.7. The number of rotatable bonds is 5. The number of hydrogen-bond donors (Lipinski definition) is 1. The average Bonchev–Trinajstić information content (AvgIpc) is 3.54. The number of benzene rings is 2. The van der Waals surface area contributed by atoms with Crippen LogP contribution in [-0.4, -0.2) is 52.2 Å². The molecule has 0 spiro atoms. The van der Waals surface area contributed by atoms with Crippen molar-refractivity contribution in [2.45, 2.75) is 51.7 Å². The molecular formula is C28H31ClN4O5. The molecule has 1 saturated heterocycles. The molecule has 3 heterocycles. The molecule has 1 N–H and O–H groups in total. The van der Waals surface area contributed by atoms with Gasteiger partial charge in [0.2, 0.25) is 6.79 Å². The van der Waals surface area contributed by atoms with Crippen molar-refractivity contribution < 1.29 is 23.8 Å². The molecule has 0 unspecified atom stereocenters. The lowest BCUT2D eigenvalue weighted by Gasteiger charge is -2.34. The Morgan fingerprint density at radius 2 is 1.79 bits per heavy atom. The minimum Gasteiger partial charge on any atom is -0.454 e. The van der Waals surface area contributed by atoms with Gasteiger partial charge in [0.1, 0.15) is 5.60 Å². The second kappa shape index (κ2) is 10.6. The number of likely N-dealkylation sites (tertiary alicyclic amines) is 1. The number of carbonyl (C=O) groups excluding carboxylic acids is 2. The number of amides is 2. The van der Waals surface area contributed by atoms with E-state index in [9.17, 15) is 9.59 Å². The molecule has 5 rings (SSSR count). The van der Waals surface area contributed by atoms with E-state index in [1.165, 1.54) is 0 Å². The Labute approximate surface area is 226 Å². The minimum absolute atomic E-state index is 0.0261. The number of fused-ring (bicyclic) bond motifs is 1. The van der Waals surface area contributed by atoms with E-state index in [0.717, 1.165) is 16.9 Å². The highest BCUT2D eigenvalue weighted by Crippen LogP contribution is 2.34. The Morgan fingerprint density at radius 3 is 2.50 bits per heavy atom. The zero-order valence-electron chi connectivity index (χ0n) is 21.7. The molecule has 0 aliphatic carbocycles. The number of hydrogen-bond acceptors (Lipinski definition) is 6. The van der Waals surface area contributed by atoms with Crippen molar-refractivity contribution in [1.82, 2.24) is 20.0 Å². The van der Waals surface area contributed by atoms with Crippen LogP contribution in [0.15, 0.2) is 48.7 Å². The third-order valence-corrected chi connectivity index (χ3v) is 6.80. The molecule has 3 aromatic rings. The monoisotopic (exact) mass is 538 g/mol. The molecule has 2 amide bonds. The predicted molar refractivity (Wildman–Crippen MR) is 142 cm³/mol. The molecule has 0 radical (unpaired) electrons.